The van der Waals surface area contributed by atoms with E-state index >= 15 is 0 Å². The lowest BCUT2D eigenvalue weighted by atomic mass is 10.2. The van der Waals surface area contributed by atoms with Crippen molar-refractivity contribution in [3.05, 3.63) is 47.1 Å². The Morgan fingerprint density at radius 2 is 2.00 bits per heavy atom. The van der Waals surface area contributed by atoms with Crippen molar-refractivity contribution < 1.29 is 15.0 Å². The van der Waals surface area contributed by atoms with E-state index < -0.39 is 5.97 Å². The molecule has 0 aliphatic heterocycles. The van der Waals surface area contributed by atoms with Crippen LogP contribution < -0.4 is 0 Å². The van der Waals surface area contributed by atoms with Gasteiger partial charge in [0.05, 0.1) is 10.6 Å². The van der Waals surface area contributed by atoms with Crippen LogP contribution >= 0.6 is 11.6 Å². The van der Waals surface area contributed by atoms with Gasteiger partial charge in [-0.15, -0.1) is 10.2 Å². The molecule has 0 aliphatic carbocycles. The first-order chi connectivity index (χ1) is 9.56. The van der Waals surface area contributed by atoms with Gasteiger partial charge in [0.15, 0.2) is 11.5 Å². The number of hydrogen-bond donors (Lipinski definition) is 2. The van der Waals surface area contributed by atoms with Gasteiger partial charge in [0, 0.05) is 11.8 Å². The number of carbonyl (C=O) groups is 1. The van der Waals surface area contributed by atoms with Crippen molar-refractivity contribution in [2.75, 3.05) is 0 Å². The number of phenols is 1. The summed E-state index contributed by atoms with van der Waals surface area (Å²) in [7, 11) is 0. The Bertz CT molecular complexity index is 829. The number of carboxylic acid groups (broad SMARTS) is 1. The molecule has 3 rings (SSSR count). The van der Waals surface area contributed by atoms with E-state index in [0.717, 1.165) is 0 Å². The Hall–Kier alpha value is -2.60. The Balaban J connectivity index is 2.22. The highest BCUT2D eigenvalue weighted by Crippen LogP contribution is 2.28. The summed E-state index contributed by atoms with van der Waals surface area (Å²) < 4.78 is 1.56. The number of fused-ring (bicyclic) bond motifs is 1. The molecule has 20 heavy (non-hydrogen) atoms. The number of halogens is 1. The molecule has 2 N–H and O–H groups in total. The van der Waals surface area contributed by atoms with Crippen LogP contribution in [0.4, 0.5) is 0 Å². The van der Waals surface area contributed by atoms with Gasteiger partial charge < -0.3 is 10.2 Å². The van der Waals surface area contributed by atoms with Crippen molar-refractivity contribution in [3.63, 3.8) is 0 Å². The molecule has 0 bridgehead atoms. The number of phenolic OH excluding ortho intramolecular Hbond substituents is 1. The summed E-state index contributed by atoms with van der Waals surface area (Å²) in [5.41, 5.74) is 1.28. The van der Waals surface area contributed by atoms with Crippen LogP contribution in [0.3, 0.4) is 0 Å². The van der Waals surface area contributed by atoms with Crippen LogP contribution in [0, 0.1) is 0 Å². The highest BCUT2D eigenvalue weighted by molar-refractivity contribution is 6.32. The Morgan fingerprint density at radius 1 is 1.20 bits per heavy atom. The van der Waals surface area contributed by atoms with Gasteiger partial charge in [0.1, 0.15) is 5.75 Å². The van der Waals surface area contributed by atoms with E-state index in [2.05, 4.69) is 10.2 Å². The zero-order valence-corrected chi connectivity index (χ0v) is 10.7. The van der Waals surface area contributed by atoms with Gasteiger partial charge in [-0.2, -0.15) is 0 Å². The standard InChI is InChI=1S/C13H8ClN3O3/c14-9-5-7(1-3-10(9)18)12-16-15-11-4-2-8(13(19)20)6-17(11)12/h1-6,18H,(H,19,20). The number of rotatable bonds is 2. The molecule has 6 nitrogen and oxygen atoms in total. The zero-order chi connectivity index (χ0) is 14.3. The van der Waals surface area contributed by atoms with E-state index in [-0.39, 0.29) is 16.3 Å². The molecule has 7 heteroatoms. The second kappa shape index (κ2) is 4.50. The third kappa shape index (κ3) is 1.96. The van der Waals surface area contributed by atoms with Crippen molar-refractivity contribution in [2.24, 2.45) is 0 Å². The number of hydrogen-bond acceptors (Lipinski definition) is 4. The maximum absolute atomic E-state index is 11.0. The summed E-state index contributed by atoms with van der Waals surface area (Å²) in [5.74, 6) is -0.615. The number of pyridine rings is 1. The van der Waals surface area contributed by atoms with Crippen LogP contribution in [0.1, 0.15) is 10.4 Å². The predicted octanol–water partition coefficient (Wildman–Crippen LogP) is 2.45. The lowest BCUT2D eigenvalue weighted by Crippen LogP contribution is -1.99. The van der Waals surface area contributed by atoms with Crippen LogP contribution in [0.5, 0.6) is 5.75 Å². The van der Waals surface area contributed by atoms with Crippen molar-refractivity contribution in [2.45, 2.75) is 0 Å². The SMILES string of the molecule is O=C(O)c1ccc2nnc(-c3ccc(O)c(Cl)c3)n2c1. The summed E-state index contributed by atoms with van der Waals surface area (Å²) in [5, 5.41) is 26.6. The van der Waals surface area contributed by atoms with Gasteiger partial charge in [0.25, 0.3) is 0 Å². The number of benzene rings is 1. The lowest BCUT2D eigenvalue weighted by Gasteiger charge is -2.03. The minimum atomic E-state index is -1.03. The van der Waals surface area contributed by atoms with Gasteiger partial charge in [0.2, 0.25) is 0 Å². The highest BCUT2D eigenvalue weighted by Gasteiger charge is 2.12. The fraction of sp³-hybridized carbons (Fsp3) is 0. The molecular formula is C13H8ClN3O3. The van der Waals surface area contributed by atoms with Crippen LogP contribution in [-0.4, -0.2) is 30.8 Å². The lowest BCUT2D eigenvalue weighted by molar-refractivity contribution is 0.0696. The van der Waals surface area contributed by atoms with E-state index in [9.17, 15) is 9.90 Å². The van der Waals surface area contributed by atoms with Crippen LogP contribution in [-0.2, 0) is 0 Å². The third-order valence-electron chi connectivity index (χ3n) is 2.86. The second-order valence-corrected chi connectivity index (χ2v) is 4.55. The molecule has 3 aromatic rings. The van der Waals surface area contributed by atoms with Gasteiger partial charge in [-0.05, 0) is 30.3 Å². The largest absolute Gasteiger partial charge is 0.506 e. The monoisotopic (exact) mass is 289 g/mol. The van der Waals surface area contributed by atoms with Crippen molar-refractivity contribution in [1.29, 1.82) is 0 Å². The van der Waals surface area contributed by atoms with Crippen molar-refractivity contribution in [3.8, 4) is 17.1 Å². The molecule has 0 radical (unpaired) electrons. The summed E-state index contributed by atoms with van der Waals surface area (Å²) >= 11 is 5.86. The van der Waals surface area contributed by atoms with E-state index in [1.165, 1.54) is 18.3 Å². The third-order valence-corrected chi connectivity index (χ3v) is 3.16. The van der Waals surface area contributed by atoms with E-state index in [1.54, 1.807) is 22.6 Å². The number of carboxylic acids is 1. The average Bonchev–Trinajstić information content (AvgIpc) is 2.84. The van der Waals surface area contributed by atoms with E-state index in [1.807, 2.05) is 0 Å². The Labute approximate surface area is 117 Å². The fourth-order valence-electron chi connectivity index (χ4n) is 1.86. The maximum atomic E-state index is 11.0. The van der Waals surface area contributed by atoms with Crippen molar-refractivity contribution >= 4 is 23.2 Å². The highest BCUT2D eigenvalue weighted by atomic mass is 35.5. The predicted molar refractivity (Wildman–Crippen MR) is 72.1 cm³/mol. The number of aromatic hydroxyl groups is 1. The summed E-state index contributed by atoms with van der Waals surface area (Å²) in [6.45, 7) is 0. The van der Waals surface area contributed by atoms with Gasteiger partial charge in [-0.1, -0.05) is 11.6 Å². The van der Waals surface area contributed by atoms with Crippen LogP contribution in [0.2, 0.25) is 5.02 Å². The normalized spacial score (nSPS) is 10.8. The fourth-order valence-corrected chi connectivity index (χ4v) is 2.04. The average molecular weight is 290 g/mol. The van der Waals surface area contributed by atoms with E-state index in [4.69, 9.17) is 16.7 Å². The molecule has 100 valence electrons. The molecule has 0 saturated heterocycles. The topological polar surface area (TPSA) is 87.7 Å². The molecule has 0 atom stereocenters. The molecule has 0 spiro atoms. The smallest absolute Gasteiger partial charge is 0.337 e. The second-order valence-electron chi connectivity index (χ2n) is 4.14. The number of nitrogens with zero attached hydrogens (tertiary/aromatic N) is 3. The Morgan fingerprint density at radius 3 is 2.70 bits per heavy atom. The number of aromatic carboxylic acids is 1. The number of aromatic nitrogens is 3. The van der Waals surface area contributed by atoms with Gasteiger partial charge in [-0.25, -0.2) is 4.79 Å². The molecule has 1 aromatic carbocycles. The Kier molecular flexibility index (Phi) is 2.80. The van der Waals surface area contributed by atoms with Gasteiger partial charge in [-0.3, -0.25) is 4.40 Å². The molecule has 0 amide bonds. The van der Waals surface area contributed by atoms with E-state index in [0.29, 0.717) is 17.0 Å². The molecule has 0 unspecified atom stereocenters. The zero-order valence-electron chi connectivity index (χ0n) is 9.99. The summed E-state index contributed by atoms with van der Waals surface area (Å²) in [6.07, 6.45) is 1.44. The first kappa shape index (κ1) is 12.4. The molecule has 0 aliphatic rings. The molecular weight excluding hydrogens is 282 g/mol. The first-order valence-corrected chi connectivity index (χ1v) is 6.01. The van der Waals surface area contributed by atoms with Crippen LogP contribution in [0.15, 0.2) is 36.5 Å². The minimum absolute atomic E-state index is 0.0320. The van der Waals surface area contributed by atoms with Gasteiger partial charge >= 0.3 is 5.97 Å². The molecule has 0 saturated carbocycles. The molecule has 0 fully saturated rings. The molecule has 2 aromatic heterocycles. The van der Waals surface area contributed by atoms with Crippen LogP contribution in [0.25, 0.3) is 17.0 Å². The maximum Gasteiger partial charge on any atom is 0.337 e. The quantitative estimate of drug-likeness (QED) is 0.756. The first-order valence-electron chi connectivity index (χ1n) is 5.63. The summed E-state index contributed by atoms with van der Waals surface area (Å²) in [4.78, 5) is 11.0. The minimum Gasteiger partial charge on any atom is -0.506 e. The van der Waals surface area contributed by atoms with Crippen molar-refractivity contribution in [1.82, 2.24) is 14.6 Å². The summed E-state index contributed by atoms with van der Waals surface area (Å²) in [6, 6.07) is 7.65. The molecule has 2 heterocycles.